The van der Waals surface area contributed by atoms with Gasteiger partial charge < -0.3 is 10.4 Å². The molecule has 3 rings (SSSR count). The van der Waals surface area contributed by atoms with Crippen molar-refractivity contribution in [3.63, 3.8) is 0 Å². The fraction of sp³-hybridized carbons (Fsp3) is 0.538. The van der Waals surface area contributed by atoms with E-state index in [1.165, 1.54) is 62.4 Å². The zero-order chi connectivity index (χ0) is 23.5. The van der Waals surface area contributed by atoms with Gasteiger partial charge in [0.25, 0.3) is 0 Å². The van der Waals surface area contributed by atoms with Crippen LogP contribution in [-0.4, -0.2) is 25.7 Å². The summed E-state index contributed by atoms with van der Waals surface area (Å²) >= 11 is 0. The molecule has 0 fully saturated rings. The van der Waals surface area contributed by atoms with E-state index in [9.17, 15) is 9.90 Å². The van der Waals surface area contributed by atoms with Crippen LogP contribution in [0, 0.1) is 6.92 Å². The fourth-order valence-corrected chi connectivity index (χ4v) is 4.04. The second-order valence-corrected chi connectivity index (χ2v) is 8.78. The first-order valence-electron chi connectivity index (χ1n) is 12.4. The van der Waals surface area contributed by atoms with Gasteiger partial charge in [-0.05, 0) is 37.6 Å². The van der Waals surface area contributed by atoms with Gasteiger partial charge in [-0.1, -0.05) is 71.1 Å². The minimum absolute atomic E-state index is 0. The molecule has 0 saturated carbocycles. The van der Waals surface area contributed by atoms with Crippen molar-refractivity contribution in [2.45, 2.75) is 90.9 Å². The second-order valence-electron chi connectivity index (χ2n) is 8.78. The van der Waals surface area contributed by atoms with Crippen LogP contribution in [0.3, 0.4) is 0 Å². The average Bonchev–Trinajstić information content (AvgIpc) is 3.34. The van der Waals surface area contributed by atoms with E-state index >= 15 is 0 Å². The zero-order valence-electron chi connectivity index (χ0n) is 21.0. The number of amides is 1. The van der Waals surface area contributed by atoms with Gasteiger partial charge in [-0.25, -0.2) is 4.98 Å². The smallest absolute Gasteiger partial charge is 0.877 e. The van der Waals surface area contributed by atoms with Crippen molar-refractivity contribution in [3.8, 4) is 11.4 Å². The van der Waals surface area contributed by atoms with Crippen molar-refractivity contribution in [1.82, 2.24) is 19.8 Å². The Bertz CT molecular complexity index is 1070. The predicted octanol–water partition coefficient (Wildman–Crippen LogP) is 1.56. The summed E-state index contributed by atoms with van der Waals surface area (Å²) in [5.74, 6) is 0.548. The number of carbonyl (C=O) groups is 1. The molecule has 0 atom stereocenters. The Morgan fingerprint density at radius 2 is 1.53 bits per heavy atom. The van der Waals surface area contributed by atoms with Crippen LogP contribution >= 0.6 is 0 Å². The topological polar surface area (TPSA) is 95.2 Å². The maximum absolute atomic E-state index is 12.2. The molecule has 1 amide bonds. The van der Waals surface area contributed by atoms with E-state index in [0.29, 0.717) is 28.8 Å². The summed E-state index contributed by atoms with van der Waals surface area (Å²) in [5.41, 5.74) is 2.63. The van der Waals surface area contributed by atoms with Crippen molar-refractivity contribution in [2.24, 2.45) is 0 Å². The van der Waals surface area contributed by atoms with Crippen LogP contribution in [0.4, 0.5) is 5.69 Å². The molecule has 34 heavy (non-hydrogen) atoms. The van der Waals surface area contributed by atoms with Crippen molar-refractivity contribution >= 4 is 23.5 Å². The Balaban J connectivity index is 0.00000408. The van der Waals surface area contributed by atoms with Crippen LogP contribution in [0.25, 0.3) is 23.3 Å². The van der Waals surface area contributed by atoms with E-state index in [2.05, 4.69) is 27.4 Å². The largest absolute Gasteiger partial charge is 1.00 e. The third kappa shape index (κ3) is 8.36. The van der Waals surface area contributed by atoms with Crippen molar-refractivity contribution in [1.29, 1.82) is 0 Å². The minimum Gasteiger partial charge on any atom is -0.877 e. The van der Waals surface area contributed by atoms with E-state index in [4.69, 9.17) is 0 Å². The molecule has 0 aliphatic heterocycles. The SMILES string of the molecule is CCCCCCCCCCCCCC(=O)Nc1ccc(-c2nc3c(=C[O-])c(C)nn3n2)cc1.[Na+]. The number of aromatic nitrogens is 4. The van der Waals surface area contributed by atoms with E-state index in [1.807, 2.05) is 24.3 Å². The predicted molar refractivity (Wildman–Crippen MR) is 130 cm³/mol. The molecule has 2 heterocycles. The number of hydrogen-bond acceptors (Lipinski definition) is 5. The van der Waals surface area contributed by atoms with Crippen LogP contribution in [0.2, 0.25) is 0 Å². The molecule has 8 heteroatoms. The number of hydrogen-bond donors (Lipinski definition) is 1. The number of anilines is 1. The summed E-state index contributed by atoms with van der Waals surface area (Å²) in [6, 6.07) is 7.41. The maximum Gasteiger partial charge on any atom is 1.00 e. The fourth-order valence-electron chi connectivity index (χ4n) is 4.04. The molecular formula is C26H36N5NaO2. The Morgan fingerprint density at radius 1 is 0.941 bits per heavy atom. The number of unbranched alkanes of at least 4 members (excludes halogenated alkanes) is 10. The third-order valence-corrected chi connectivity index (χ3v) is 6.02. The minimum atomic E-state index is 0. The third-order valence-electron chi connectivity index (χ3n) is 6.02. The summed E-state index contributed by atoms with van der Waals surface area (Å²) in [4.78, 5) is 16.7. The molecule has 0 unspecified atom stereocenters. The first kappa shape index (κ1) is 28.3. The second kappa shape index (κ2) is 15.1. The zero-order valence-corrected chi connectivity index (χ0v) is 23.0. The molecule has 0 aliphatic carbocycles. The molecule has 0 bridgehead atoms. The Labute approximate surface area is 224 Å². The van der Waals surface area contributed by atoms with Gasteiger partial charge in [-0.3, -0.25) is 4.79 Å². The summed E-state index contributed by atoms with van der Waals surface area (Å²) in [7, 11) is 0. The van der Waals surface area contributed by atoms with E-state index in [0.717, 1.165) is 30.4 Å². The summed E-state index contributed by atoms with van der Waals surface area (Å²) in [6.45, 7) is 4.01. The number of nitrogens with zero attached hydrogens (tertiary/aromatic N) is 4. The normalized spacial score (nSPS) is 11.6. The standard InChI is InChI=1S/C26H37N5O2.Na/c1-3-4-5-6-7-8-9-10-11-12-13-14-24(33)27-22-17-15-21(16-18-22)25-28-26-23(19-32)20(2)29-31(26)30-25;/h15-19,32H,3-14H2,1-2H3,(H,27,33);/q;+1/p-1. The van der Waals surface area contributed by atoms with Crippen LogP contribution < -0.4 is 45.2 Å². The van der Waals surface area contributed by atoms with Crippen LogP contribution in [0.15, 0.2) is 24.3 Å². The van der Waals surface area contributed by atoms with Gasteiger partial charge in [0, 0.05) is 22.9 Å². The van der Waals surface area contributed by atoms with E-state index < -0.39 is 0 Å². The van der Waals surface area contributed by atoms with E-state index in [1.54, 1.807) is 6.92 Å². The van der Waals surface area contributed by atoms with Gasteiger partial charge >= 0.3 is 29.6 Å². The van der Waals surface area contributed by atoms with Gasteiger partial charge in [0.2, 0.25) is 5.91 Å². The quantitative estimate of drug-likeness (QED) is 0.283. The Hall–Kier alpha value is -1.96. The molecule has 1 N–H and O–H groups in total. The molecule has 0 radical (unpaired) electrons. The number of benzene rings is 1. The molecule has 3 aromatic rings. The summed E-state index contributed by atoms with van der Waals surface area (Å²) in [6.07, 6.45) is 15.3. The monoisotopic (exact) mass is 473 g/mol. The molecule has 1 aromatic carbocycles. The van der Waals surface area contributed by atoms with Crippen molar-refractivity contribution in [2.75, 3.05) is 5.32 Å². The molecule has 0 aliphatic rings. The van der Waals surface area contributed by atoms with Crippen molar-refractivity contribution < 1.29 is 39.5 Å². The number of fused-ring (bicyclic) bond motifs is 1. The molecular weight excluding hydrogens is 437 g/mol. The van der Waals surface area contributed by atoms with Crippen LogP contribution in [0.1, 0.15) is 89.7 Å². The van der Waals surface area contributed by atoms with Crippen LogP contribution in [-0.2, 0) is 4.79 Å². The number of aryl methyl sites for hydroxylation is 1. The van der Waals surface area contributed by atoms with Crippen LogP contribution in [0.5, 0.6) is 0 Å². The van der Waals surface area contributed by atoms with Gasteiger partial charge in [0.05, 0.1) is 5.69 Å². The van der Waals surface area contributed by atoms with E-state index in [-0.39, 0.29) is 35.5 Å². The number of rotatable bonds is 14. The Morgan fingerprint density at radius 3 is 2.12 bits per heavy atom. The first-order valence-corrected chi connectivity index (χ1v) is 12.4. The summed E-state index contributed by atoms with van der Waals surface area (Å²) in [5, 5.41) is 23.2. The number of carbonyl (C=O) groups excluding carboxylic acids is 1. The maximum atomic E-state index is 12.2. The summed E-state index contributed by atoms with van der Waals surface area (Å²) < 4.78 is 1.39. The molecule has 7 nitrogen and oxygen atoms in total. The van der Waals surface area contributed by atoms with Gasteiger partial charge in [-0.2, -0.15) is 5.10 Å². The molecule has 178 valence electrons. The molecule has 0 spiro atoms. The van der Waals surface area contributed by atoms with Crippen molar-refractivity contribution in [3.05, 3.63) is 35.2 Å². The average molecular weight is 474 g/mol. The van der Waals surface area contributed by atoms with Gasteiger partial charge in [0.1, 0.15) is 0 Å². The van der Waals surface area contributed by atoms with Gasteiger partial charge in [0.15, 0.2) is 11.5 Å². The Kier molecular flexibility index (Phi) is 12.6. The molecule has 2 aromatic heterocycles. The number of nitrogens with one attached hydrogen (secondary N) is 1. The molecule has 0 saturated heterocycles. The first-order chi connectivity index (χ1) is 16.1. The van der Waals surface area contributed by atoms with Gasteiger partial charge in [-0.15, -0.1) is 16.0 Å².